The van der Waals surface area contributed by atoms with Crippen LogP contribution in [0, 0.1) is 5.82 Å². The molecule has 0 unspecified atom stereocenters. The van der Waals surface area contributed by atoms with Crippen LogP contribution in [0.3, 0.4) is 0 Å². The summed E-state index contributed by atoms with van der Waals surface area (Å²) in [6.45, 7) is 2.84. The average Bonchev–Trinajstić information content (AvgIpc) is 2.84. The van der Waals surface area contributed by atoms with Crippen molar-refractivity contribution in [3.63, 3.8) is 0 Å². The number of nitrogens with two attached hydrogens (primary N) is 1. The van der Waals surface area contributed by atoms with E-state index < -0.39 is 0 Å². The first-order valence-electron chi connectivity index (χ1n) is 5.80. The zero-order valence-corrected chi connectivity index (χ0v) is 10.2. The minimum Gasteiger partial charge on any atom is -0.489 e. The van der Waals surface area contributed by atoms with E-state index in [9.17, 15) is 4.39 Å². The third kappa shape index (κ3) is 3.07. The predicted molar refractivity (Wildman–Crippen MR) is 66.7 cm³/mol. The van der Waals surface area contributed by atoms with Gasteiger partial charge in [-0.1, -0.05) is 6.07 Å². The first kappa shape index (κ1) is 12.6. The van der Waals surface area contributed by atoms with Crippen LogP contribution in [-0.4, -0.2) is 16.2 Å². The highest BCUT2D eigenvalue weighted by Crippen LogP contribution is 2.21. The number of aromatic nitrogens is 2. The Morgan fingerprint density at radius 3 is 2.94 bits per heavy atom. The molecule has 1 atom stereocenters. The molecule has 0 amide bonds. The van der Waals surface area contributed by atoms with Gasteiger partial charge in [-0.3, -0.25) is 0 Å². The molecule has 0 aliphatic rings. The number of rotatable bonds is 5. The van der Waals surface area contributed by atoms with E-state index >= 15 is 0 Å². The number of hydrogen-bond acceptors (Lipinski definition) is 3. The Bertz CT molecular complexity index is 497. The smallest absolute Gasteiger partial charge is 0.165 e. The van der Waals surface area contributed by atoms with Crippen molar-refractivity contribution in [2.75, 3.05) is 6.61 Å². The van der Waals surface area contributed by atoms with Crippen molar-refractivity contribution in [3.05, 3.63) is 48.3 Å². The molecule has 0 spiro atoms. The normalized spacial score (nSPS) is 12.4. The van der Waals surface area contributed by atoms with Crippen LogP contribution in [-0.2, 0) is 6.54 Å². The van der Waals surface area contributed by atoms with Crippen molar-refractivity contribution in [1.82, 2.24) is 9.55 Å². The molecular weight excluding hydrogens is 233 g/mol. The largest absolute Gasteiger partial charge is 0.489 e. The maximum Gasteiger partial charge on any atom is 0.165 e. The van der Waals surface area contributed by atoms with Crippen LogP contribution in [0.1, 0.15) is 18.5 Å². The fourth-order valence-corrected chi connectivity index (χ4v) is 1.60. The molecule has 0 radical (unpaired) electrons. The van der Waals surface area contributed by atoms with Crippen LogP contribution in [0.4, 0.5) is 4.39 Å². The van der Waals surface area contributed by atoms with Gasteiger partial charge in [-0.15, -0.1) is 0 Å². The van der Waals surface area contributed by atoms with Gasteiger partial charge in [0.15, 0.2) is 11.6 Å². The first-order valence-corrected chi connectivity index (χ1v) is 5.80. The highest BCUT2D eigenvalue weighted by Gasteiger charge is 2.07. The second-order valence-corrected chi connectivity index (χ2v) is 4.13. The van der Waals surface area contributed by atoms with Crippen LogP contribution in [0.5, 0.6) is 5.75 Å². The van der Waals surface area contributed by atoms with Crippen LogP contribution in [0.15, 0.2) is 36.9 Å². The van der Waals surface area contributed by atoms with Gasteiger partial charge >= 0.3 is 0 Å². The number of ether oxygens (including phenoxy) is 1. The lowest BCUT2D eigenvalue weighted by atomic mass is 10.1. The van der Waals surface area contributed by atoms with E-state index in [4.69, 9.17) is 10.5 Å². The zero-order chi connectivity index (χ0) is 13.0. The van der Waals surface area contributed by atoms with Gasteiger partial charge in [0.2, 0.25) is 0 Å². The van der Waals surface area contributed by atoms with Crippen molar-refractivity contribution in [2.45, 2.75) is 19.5 Å². The zero-order valence-electron chi connectivity index (χ0n) is 10.2. The Hall–Kier alpha value is -1.88. The van der Waals surface area contributed by atoms with E-state index in [2.05, 4.69) is 4.98 Å². The number of benzene rings is 1. The minimum atomic E-state index is -0.379. The summed E-state index contributed by atoms with van der Waals surface area (Å²) in [5.74, 6) is -0.130. The maximum absolute atomic E-state index is 13.7. The second-order valence-electron chi connectivity index (χ2n) is 4.13. The van der Waals surface area contributed by atoms with E-state index in [1.165, 1.54) is 6.07 Å². The molecule has 5 heteroatoms. The third-order valence-electron chi connectivity index (χ3n) is 2.65. The molecule has 0 aliphatic carbocycles. The number of hydrogen-bond donors (Lipinski definition) is 1. The van der Waals surface area contributed by atoms with Crippen LogP contribution in [0.2, 0.25) is 0 Å². The van der Waals surface area contributed by atoms with Crippen molar-refractivity contribution >= 4 is 0 Å². The summed E-state index contributed by atoms with van der Waals surface area (Å²) < 4.78 is 20.9. The van der Waals surface area contributed by atoms with E-state index in [1.54, 1.807) is 24.7 Å². The number of imidazole rings is 1. The van der Waals surface area contributed by atoms with Crippen LogP contribution < -0.4 is 10.5 Å². The monoisotopic (exact) mass is 249 g/mol. The van der Waals surface area contributed by atoms with Gasteiger partial charge in [-0.05, 0) is 24.6 Å². The standard InChI is InChI=1S/C13H16FN3O/c1-10(15)11-2-3-13(12(14)8-11)18-7-6-17-5-4-16-9-17/h2-5,8-10H,6-7,15H2,1H3/t10-/m0/s1. The van der Waals surface area contributed by atoms with Crippen molar-refractivity contribution in [1.29, 1.82) is 0 Å². The minimum absolute atomic E-state index is 0.181. The van der Waals surface area contributed by atoms with E-state index in [-0.39, 0.29) is 17.6 Å². The first-order chi connectivity index (χ1) is 8.66. The Labute approximate surface area is 105 Å². The fourth-order valence-electron chi connectivity index (χ4n) is 1.60. The summed E-state index contributed by atoms with van der Waals surface area (Å²) in [6.07, 6.45) is 5.22. The van der Waals surface area contributed by atoms with Gasteiger partial charge in [0.05, 0.1) is 12.9 Å². The van der Waals surface area contributed by atoms with Crippen LogP contribution in [0.25, 0.3) is 0 Å². The Morgan fingerprint density at radius 2 is 2.33 bits per heavy atom. The molecule has 96 valence electrons. The molecule has 0 fully saturated rings. The van der Waals surface area contributed by atoms with Gasteiger partial charge in [0.1, 0.15) is 6.61 Å². The Kier molecular flexibility index (Phi) is 3.94. The molecule has 1 heterocycles. The lowest BCUT2D eigenvalue weighted by Crippen LogP contribution is -2.09. The molecule has 1 aromatic carbocycles. The third-order valence-corrected chi connectivity index (χ3v) is 2.65. The lowest BCUT2D eigenvalue weighted by Gasteiger charge is -2.10. The average molecular weight is 249 g/mol. The second kappa shape index (κ2) is 5.64. The van der Waals surface area contributed by atoms with Crippen LogP contribution >= 0.6 is 0 Å². The van der Waals surface area contributed by atoms with E-state index in [1.807, 2.05) is 17.7 Å². The summed E-state index contributed by atoms with van der Waals surface area (Å²) in [7, 11) is 0. The molecule has 0 bridgehead atoms. The van der Waals surface area contributed by atoms with Crippen molar-refractivity contribution < 1.29 is 9.13 Å². The molecular formula is C13H16FN3O. The molecule has 1 aromatic heterocycles. The van der Waals surface area contributed by atoms with E-state index in [0.717, 1.165) is 5.56 Å². The quantitative estimate of drug-likeness (QED) is 0.883. The molecule has 2 N–H and O–H groups in total. The summed E-state index contributed by atoms with van der Waals surface area (Å²) in [5, 5.41) is 0. The Balaban J connectivity index is 1.93. The Morgan fingerprint density at radius 1 is 1.50 bits per heavy atom. The summed E-state index contributed by atoms with van der Waals surface area (Å²) in [4.78, 5) is 3.92. The van der Waals surface area contributed by atoms with Crippen molar-refractivity contribution in [2.24, 2.45) is 5.73 Å². The topological polar surface area (TPSA) is 53.1 Å². The van der Waals surface area contributed by atoms with Crippen molar-refractivity contribution in [3.8, 4) is 5.75 Å². The molecule has 18 heavy (non-hydrogen) atoms. The summed E-state index contributed by atoms with van der Waals surface area (Å²) >= 11 is 0. The SMILES string of the molecule is C[C@H](N)c1ccc(OCCn2ccnc2)c(F)c1. The summed E-state index contributed by atoms with van der Waals surface area (Å²) in [6, 6.07) is 4.62. The highest BCUT2D eigenvalue weighted by atomic mass is 19.1. The number of halogens is 1. The molecule has 0 saturated heterocycles. The predicted octanol–water partition coefficient (Wildman–Crippen LogP) is 2.12. The fraction of sp³-hybridized carbons (Fsp3) is 0.308. The molecule has 4 nitrogen and oxygen atoms in total. The molecule has 2 aromatic rings. The van der Waals surface area contributed by atoms with Gasteiger partial charge in [0.25, 0.3) is 0 Å². The van der Waals surface area contributed by atoms with Gasteiger partial charge in [-0.2, -0.15) is 0 Å². The van der Waals surface area contributed by atoms with Gasteiger partial charge < -0.3 is 15.0 Å². The highest BCUT2D eigenvalue weighted by molar-refractivity contribution is 5.30. The van der Waals surface area contributed by atoms with E-state index in [0.29, 0.717) is 13.2 Å². The molecule has 2 rings (SSSR count). The molecule has 0 aliphatic heterocycles. The van der Waals surface area contributed by atoms with Gasteiger partial charge in [0, 0.05) is 18.4 Å². The molecule has 0 saturated carbocycles. The maximum atomic E-state index is 13.7. The lowest BCUT2D eigenvalue weighted by molar-refractivity contribution is 0.284. The van der Waals surface area contributed by atoms with Gasteiger partial charge in [-0.25, -0.2) is 9.37 Å². The summed E-state index contributed by atoms with van der Waals surface area (Å²) in [5.41, 5.74) is 6.44. The number of nitrogens with zero attached hydrogens (tertiary/aromatic N) is 2.